The number of thiophene rings is 1. The van der Waals surface area contributed by atoms with Gasteiger partial charge in [-0.15, -0.1) is 0 Å². The van der Waals surface area contributed by atoms with Gasteiger partial charge in [0, 0.05) is 43.1 Å². The molecule has 1 aliphatic heterocycles. The molecule has 0 atom stereocenters. The van der Waals surface area contributed by atoms with Crippen LogP contribution in [0.5, 0.6) is 0 Å². The summed E-state index contributed by atoms with van der Waals surface area (Å²) in [5, 5.41) is 11.8. The quantitative estimate of drug-likeness (QED) is 0.884. The number of carbonyl (C=O) groups excluding carboxylic acids is 1. The Balaban J connectivity index is 1.60. The van der Waals surface area contributed by atoms with E-state index in [-0.39, 0.29) is 5.91 Å². The van der Waals surface area contributed by atoms with Gasteiger partial charge in [-0.05, 0) is 36.2 Å². The van der Waals surface area contributed by atoms with E-state index in [0.717, 1.165) is 24.3 Å². The lowest BCUT2D eigenvalue weighted by atomic mass is 10.1. The molecule has 5 nitrogen and oxygen atoms in total. The zero-order valence-electron chi connectivity index (χ0n) is 13.7. The molecule has 0 aliphatic carbocycles. The van der Waals surface area contributed by atoms with Crippen molar-refractivity contribution >= 4 is 17.2 Å². The number of fused-ring (bicyclic) bond motifs is 1. The van der Waals surface area contributed by atoms with E-state index in [2.05, 4.69) is 29.2 Å². The van der Waals surface area contributed by atoms with Crippen LogP contribution in [0.25, 0.3) is 0 Å². The second-order valence-electron chi connectivity index (χ2n) is 6.12. The van der Waals surface area contributed by atoms with Crippen LogP contribution in [-0.4, -0.2) is 22.3 Å². The van der Waals surface area contributed by atoms with Crippen molar-refractivity contribution in [2.24, 2.45) is 0 Å². The minimum Gasteiger partial charge on any atom is -0.376 e. The molecule has 6 heteroatoms. The van der Waals surface area contributed by atoms with Crippen molar-refractivity contribution < 1.29 is 9.53 Å². The molecule has 2 aromatic heterocycles. The van der Waals surface area contributed by atoms with Gasteiger partial charge >= 0.3 is 0 Å². The van der Waals surface area contributed by atoms with Gasteiger partial charge in [0.1, 0.15) is 0 Å². The third-order valence-corrected chi connectivity index (χ3v) is 4.81. The zero-order valence-corrected chi connectivity index (χ0v) is 14.5. The highest BCUT2D eigenvalue weighted by Gasteiger charge is 2.22. The number of hydrogen-bond acceptors (Lipinski definition) is 4. The molecule has 1 N–H and O–H groups in total. The van der Waals surface area contributed by atoms with Crippen molar-refractivity contribution in [2.75, 3.05) is 6.61 Å². The minimum atomic E-state index is 0.0702. The first-order valence-corrected chi connectivity index (χ1v) is 9.04. The van der Waals surface area contributed by atoms with E-state index in [1.165, 1.54) is 11.3 Å². The molecule has 0 saturated heterocycles. The van der Waals surface area contributed by atoms with Crippen molar-refractivity contribution in [1.82, 2.24) is 15.1 Å². The fourth-order valence-corrected chi connectivity index (χ4v) is 3.54. The molecule has 0 bridgehead atoms. The average molecular weight is 333 g/mol. The first-order chi connectivity index (χ1) is 11.1. The molecule has 124 valence electrons. The van der Waals surface area contributed by atoms with E-state index < -0.39 is 0 Å². The number of ether oxygens (including phenoxy) is 1. The van der Waals surface area contributed by atoms with Crippen LogP contribution in [0, 0.1) is 0 Å². The predicted octanol–water partition coefficient (Wildman–Crippen LogP) is 2.85. The molecule has 0 fully saturated rings. The molecular weight excluding hydrogens is 310 g/mol. The van der Waals surface area contributed by atoms with Crippen LogP contribution in [0.3, 0.4) is 0 Å². The van der Waals surface area contributed by atoms with E-state index in [4.69, 9.17) is 9.84 Å². The molecule has 23 heavy (non-hydrogen) atoms. The Hall–Kier alpha value is -1.66. The lowest BCUT2D eigenvalue weighted by Crippen LogP contribution is -2.23. The lowest BCUT2D eigenvalue weighted by molar-refractivity contribution is -0.121. The van der Waals surface area contributed by atoms with Gasteiger partial charge in [-0.1, -0.05) is 0 Å². The third-order valence-electron chi connectivity index (χ3n) is 4.08. The zero-order chi connectivity index (χ0) is 16.2. The first-order valence-electron chi connectivity index (χ1n) is 8.09. The number of amides is 1. The van der Waals surface area contributed by atoms with Gasteiger partial charge in [-0.3, -0.25) is 9.48 Å². The summed E-state index contributed by atoms with van der Waals surface area (Å²) in [5.41, 5.74) is 4.63. The molecule has 1 amide bonds. The van der Waals surface area contributed by atoms with Crippen LogP contribution < -0.4 is 5.32 Å². The fourth-order valence-electron chi connectivity index (χ4n) is 2.87. The molecular formula is C17H23N3O2S. The lowest BCUT2D eigenvalue weighted by Gasteiger charge is -2.16. The number of aromatic nitrogens is 2. The van der Waals surface area contributed by atoms with Crippen molar-refractivity contribution in [2.45, 2.75) is 52.3 Å². The smallest absolute Gasteiger partial charge is 0.220 e. The SMILES string of the molecule is CC(C)n1nc(CCC(=O)NCc2ccsc2)c2c1CCOC2. The van der Waals surface area contributed by atoms with Crippen molar-refractivity contribution in [3.8, 4) is 0 Å². The molecule has 0 aromatic carbocycles. The van der Waals surface area contributed by atoms with E-state index in [1.54, 1.807) is 11.3 Å². The maximum Gasteiger partial charge on any atom is 0.220 e. The number of carbonyl (C=O) groups is 1. The number of aryl methyl sites for hydroxylation is 1. The van der Waals surface area contributed by atoms with E-state index in [0.29, 0.717) is 32.0 Å². The Bertz CT molecular complexity index is 662. The normalized spacial score (nSPS) is 14.0. The molecule has 3 heterocycles. The molecule has 0 radical (unpaired) electrons. The number of nitrogens with zero attached hydrogens (tertiary/aromatic N) is 2. The average Bonchev–Trinajstić information content (AvgIpc) is 3.18. The summed E-state index contributed by atoms with van der Waals surface area (Å²) in [7, 11) is 0. The Morgan fingerprint density at radius 3 is 3.13 bits per heavy atom. The summed E-state index contributed by atoms with van der Waals surface area (Å²) in [6, 6.07) is 2.37. The van der Waals surface area contributed by atoms with Gasteiger partial charge < -0.3 is 10.1 Å². The van der Waals surface area contributed by atoms with Gasteiger partial charge in [0.05, 0.1) is 18.9 Å². The highest BCUT2D eigenvalue weighted by Crippen LogP contribution is 2.24. The monoisotopic (exact) mass is 333 g/mol. The first kappa shape index (κ1) is 16.2. The van der Waals surface area contributed by atoms with Gasteiger partial charge in [0.25, 0.3) is 0 Å². The largest absolute Gasteiger partial charge is 0.376 e. The van der Waals surface area contributed by atoms with Gasteiger partial charge in [0.2, 0.25) is 5.91 Å². The third kappa shape index (κ3) is 3.82. The van der Waals surface area contributed by atoms with Crippen LogP contribution in [0.4, 0.5) is 0 Å². The predicted molar refractivity (Wildman–Crippen MR) is 90.5 cm³/mol. The van der Waals surface area contributed by atoms with Gasteiger partial charge in [-0.2, -0.15) is 16.4 Å². The minimum absolute atomic E-state index is 0.0702. The van der Waals surface area contributed by atoms with Crippen LogP contribution in [-0.2, 0) is 35.5 Å². The summed E-state index contributed by atoms with van der Waals surface area (Å²) < 4.78 is 7.67. The summed E-state index contributed by atoms with van der Waals surface area (Å²) in [6.07, 6.45) is 2.04. The molecule has 1 aliphatic rings. The van der Waals surface area contributed by atoms with Crippen LogP contribution in [0.15, 0.2) is 16.8 Å². The Kier molecular flexibility index (Phi) is 5.13. The highest BCUT2D eigenvalue weighted by molar-refractivity contribution is 7.07. The standard InChI is InChI=1S/C17H23N3O2S/c1-12(2)20-16-5-7-22-10-14(16)15(19-20)3-4-17(21)18-9-13-6-8-23-11-13/h6,8,11-12H,3-5,7,9-10H2,1-2H3,(H,18,21). The summed E-state index contributed by atoms with van der Waals surface area (Å²) in [6.45, 7) is 6.25. The highest BCUT2D eigenvalue weighted by atomic mass is 32.1. The van der Waals surface area contributed by atoms with E-state index in [1.807, 2.05) is 11.4 Å². The number of hydrogen-bond donors (Lipinski definition) is 1. The van der Waals surface area contributed by atoms with E-state index >= 15 is 0 Å². The molecule has 0 spiro atoms. The molecule has 0 unspecified atom stereocenters. The summed E-state index contributed by atoms with van der Waals surface area (Å²) in [4.78, 5) is 12.0. The maximum absolute atomic E-state index is 12.0. The maximum atomic E-state index is 12.0. The molecule has 2 aromatic rings. The fraction of sp³-hybridized carbons (Fsp3) is 0.529. The number of nitrogens with one attached hydrogen (secondary N) is 1. The van der Waals surface area contributed by atoms with Crippen molar-refractivity contribution in [1.29, 1.82) is 0 Å². The van der Waals surface area contributed by atoms with Gasteiger partial charge in [-0.25, -0.2) is 0 Å². The van der Waals surface area contributed by atoms with Crippen LogP contribution >= 0.6 is 11.3 Å². The van der Waals surface area contributed by atoms with Crippen LogP contribution in [0.1, 0.15) is 48.8 Å². The second-order valence-corrected chi connectivity index (χ2v) is 6.90. The van der Waals surface area contributed by atoms with Crippen LogP contribution in [0.2, 0.25) is 0 Å². The number of rotatable bonds is 6. The summed E-state index contributed by atoms with van der Waals surface area (Å²) >= 11 is 1.64. The summed E-state index contributed by atoms with van der Waals surface area (Å²) in [5.74, 6) is 0.0702. The molecule has 0 saturated carbocycles. The van der Waals surface area contributed by atoms with Crippen molar-refractivity contribution in [3.63, 3.8) is 0 Å². The Morgan fingerprint density at radius 1 is 1.52 bits per heavy atom. The topological polar surface area (TPSA) is 56.2 Å². The van der Waals surface area contributed by atoms with Crippen molar-refractivity contribution in [3.05, 3.63) is 39.3 Å². The molecule has 3 rings (SSSR count). The Labute approximate surface area is 140 Å². The van der Waals surface area contributed by atoms with Gasteiger partial charge in [0.15, 0.2) is 0 Å². The second kappa shape index (κ2) is 7.27. The van der Waals surface area contributed by atoms with E-state index in [9.17, 15) is 4.79 Å². The Morgan fingerprint density at radius 2 is 2.39 bits per heavy atom.